The fraction of sp³-hybridized carbons (Fsp3) is 0.111. The van der Waals surface area contributed by atoms with Crippen LogP contribution in [0.3, 0.4) is 0 Å². The van der Waals surface area contributed by atoms with E-state index >= 15 is 0 Å². The molecule has 0 radical (unpaired) electrons. The fourth-order valence-electron chi connectivity index (χ4n) is 1.05. The maximum Gasteiger partial charge on any atom is 0.387 e. The number of benzene rings is 1. The number of nitrogen functional groups attached to an aromatic ring is 1. The first-order valence-electron chi connectivity index (χ1n) is 3.97. The molecule has 7 heteroatoms. The summed E-state index contributed by atoms with van der Waals surface area (Å²) >= 11 is 0. The SMILES string of the molecule is N#Cc1cc(OC(F)F)c(C(=O)O)cc1N. The number of halogens is 2. The van der Waals surface area contributed by atoms with Crippen LogP contribution in [0.4, 0.5) is 14.5 Å². The van der Waals surface area contributed by atoms with Crippen molar-refractivity contribution in [1.29, 1.82) is 5.26 Å². The van der Waals surface area contributed by atoms with E-state index in [-0.39, 0.29) is 11.3 Å². The fourth-order valence-corrected chi connectivity index (χ4v) is 1.05. The van der Waals surface area contributed by atoms with E-state index in [0.717, 1.165) is 12.1 Å². The number of nitrogens with zero attached hydrogens (tertiary/aromatic N) is 1. The number of nitrogens with two attached hydrogens (primary N) is 1. The number of ether oxygens (including phenoxy) is 1. The summed E-state index contributed by atoms with van der Waals surface area (Å²) < 4.78 is 27.9. The van der Waals surface area contributed by atoms with Crippen LogP contribution < -0.4 is 10.5 Å². The molecular weight excluding hydrogens is 222 g/mol. The second-order valence-corrected chi connectivity index (χ2v) is 2.73. The van der Waals surface area contributed by atoms with Gasteiger partial charge < -0.3 is 15.6 Å². The summed E-state index contributed by atoms with van der Waals surface area (Å²) in [6, 6.07) is 3.40. The van der Waals surface area contributed by atoms with E-state index in [1.165, 1.54) is 0 Å². The van der Waals surface area contributed by atoms with Crippen LogP contribution in [0.15, 0.2) is 12.1 Å². The zero-order valence-electron chi connectivity index (χ0n) is 7.78. The van der Waals surface area contributed by atoms with E-state index in [0.29, 0.717) is 0 Å². The average molecular weight is 228 g/mol. The van der Waals surface area contributed by atoms with Gasteiger partial charge >= 0.3 is 12.6 Å². The number of hydrogen-bond acceptors (Lipinski definition) is 4. The molecule has 0 amide bonds. The summed E-state index contributed by atoms with van der Waals surface area (Å²) in [5.41, 5.74) is 4.59. The summed E-state index contributed by atoms with van der Waals surface area (Å²) in [4.78, 5) is 10.7. The van der Waals surface area contributed by atoms with Crippen LogP contribution in [-0.4, -0.2) is 17.7 Å². The predicted octanol–water partition coefficient (Wildman–Crippen LogP) is 1.44. The lowest BCUT2D eigenvalue weighted by Crippen LogP contribution is -2.09. The maximum atomic E-state index is 12.0. The average Bonchev–Trinajstić information content (AvgIpc) is 2.19. The third-order valence-corrected chi connectivity index (χ3v) is 1.72. The van der Waals surface area contributed by atoms with Gasteiger partial charge in [0.15, 0.2) is 0 Å². The molecule has 0 aliphatic rings. The number of carboxylic acid groups (broad SMARTS) is 1. The zero-order valence-corrected chi connectivity index (χ0v) is 7.78. The van der Waals surface area contributed by atoms with E-state index < -0.39 is 23.9 Å². The van der Waals surface area contributed by atoms with Crippen molar-refractivity contribution >= 4 is 11.7 Å². The van der Waals surface area contributed by atoms with Crippen molar-refractivity contribution in [2.24, 2.45) is 0 Å². The van der Waals surface area contributed by atoms with Gasteiger partial charge in [-0.3, -0.25) is 0 Å². The van der Waals surface area contributed by atoms with Crippen LogP contribution >= 0.6 is 0 Å². The topological polar surface area (TPSA) is 96.3 Å². The van der Waals surface area contributed by atoms with Gasteiger partial charge in [-0.05, 0) is 6.07 Å². The smallest absolute Gasteiger partial charge is 0.387 e. The summed E-state index contributed by atoms with van der Waals surface area (Å²) in [7, 11) is 0. The molecule has 5 nitrogen and oxygen atoms in total. The molecule has 0 unspecified atom stereocenters. The van der Waals surface area contributed by atoms with Crippen molar-refractivity contribution < 1.29 is 23.4 Å². The van der Waals surface area contributed by atoms with Crippen molar-refractivity contribution in [3.05, 3.63) is 23.3 Å². The van der Waals surface area contributed by atoms with E-state index in [4.69, 9.17) is 16.1 Å². The number of carboxylic acids is 1. The Morgan fingerprint density at radius 3 is 2.62 bits per heavy atom. The highest BCUT2D eigenvalue weighted by Crippen LogP contribution is 2.26. The third kappa shape index (κ3) is 2.36. The molecule has 0 spiro atoms. The molecule has 1 rings (SSSR count). The minimum atomic E-state index is -3.17. The molecule has 0 saturated carbocycles. The Morgan fingerprint density at radius 1 is 1.56 bits per heavy atom. The van der Waals surface area contributed by atoms with E-state index in [2.05, 4.69) is 4.74 Å². The Labute approximate surface area is 88.7 Å². The minimum Gasteiger partial charge on any atom is -0.478 e. The standard InChI is InChI=1S/C9H6F2N2O3/c10-9(11)16-7-1-4(3-12)6(13)2-5(7)8(14)15/h1-2,9H,13H2,(H,14,15). The van der Waals surface area contributed by atoms with Gasteiger partial charge in [0.1, 0.15) is 17.4 Å². The maximum absolute atomic E-state index is 12.0. The number of carbonyl (C=O) groups is 1. The predicted molar refractivity (Wildman–Crippen MR) is 49.2 cm³/mol. The van der Waals surface area contributed by atoms with Crippen molar-refractivity contribution in [3.63, 3.8) is 0 Å². The second-order valence-electron chi connectivity index (χ2n) is 2.73. The first-order chi connectivity index (χ1) is 7.45. The lowest BCUT2D eigenvalue weighted by Gasteiger charge is -2.09. The number of rotatable bonds is 3. The Balaban J connectivity index is 3.32. The molecule has 0 aromatic heterocycles. The molecule has 3 N–H and O–H groups in total. The number of nitriles is 1. The van der Waals surface area contributed by atoms with Crippen LogP contribution in [0, 0.1) is 11.3 Å². The Kier molecular flexibility index (Phi) is 3.25. The molecule has 0 atom stereocenters. The van der Waals surface area contributed by atoms with Gasteiger partial charge in [-0.2, -0.15) is 14.0 Å². The van der Waals surface area contributed by atoms with E-state index in [1.807, 2.05) is 0 Å². The molecule has 84 valence electrons. The summed E-state index contributed by atoms with van der Waals surface area (Å²) in [6.07, 6.45) is 0. The van der Waals surface area contributed by atoms with Gasteiger partial charge in [0.2, 0.25) is 0 Å². The normalized spacial score (nSPS) is 9.88. The largest absolute Gasteiger partial charge is 0.478 e. The first-order valence-corrected chi connectivity index (χ1v) is 3.97. The molecule has 16 heavy (non-hydrogen) atoms. The molecule has 0 aliphatic carbocycles. The molecule has 1 aromatic carbocycles. The van der Waals surface area contributed by atoms with Gasteiger partial charge in [-0.25, -0.2) is 4.79 Å². The highest BCUT2D eigenvalue weighted by molar-refractivity contribution is 5.92. The molecule has 0 saturated heterocycles. The number of aromatic carboxylic acids is 1. The van der Waals surface area contributed by atoms with E-state index in [9.17, 15) is 13.6 Å². The molecular formula is C9H6F2N2O3. The zero-order chi connectivity index (χ0) is 12.3. The van der Waals surface area contributed by atoms with Gasteiger partial charge in [-0.15, -0.1) is 0 Å². The van der Waals surface area contributed by atoms with Crippen LogP contribution in [0.25, 0.3) is 0 Å². The monoisotopic (exact) mass is 228 g/mol. The summed E-state index contributed by atoms with van der Waals surface area (Å²) in [5.74, 6) is -2.06. The molecule has 1 aromatic rings. The summed E-state index contributed by atoms with van der Waals surface area (Å²) in [5, 5.41) is 17.3. The van der Waals surface area contributed by atoms with Crippen LogP contribution in [0.2, 0.25) is 0 Å². The number of anilines is 1. The van der Waals surface area contributed by atoms with Crippen LogP contribution in [-0.2, 0) is 0 Å². The first kappa shape index (κ1) is 11.7. The second kappa shape index (κ2) is 4.44. The highest BCUT2D eigenvalue weighted by atomic mass is 19.3. The Bertz CT molecular complexity index is 469. The molecule has 0 fully saturated rings. The lowest BCUT2D eigenvalue weighted by molar-refractivity contribution is -0.0503. The Morgan fingerprint density at radius 2 is 2.19 bits per heavy atom. The highest BCUT2D eigenvalue weighted by Gasteiger charge is 2.17. The van der Waals surface area contributed by atoms with Gasteiger partial charge in [0.05, 0.1) is 11.3 Å². The molecule has 0 aliphatic heterocycles. The van der Waals surface area contributed by atoms with Gasteiger partial charge in [0, 0.05) is 6.07 Å². The van der Waals surface area contributed by atoms with Crippen molar-refractivity contribution in [1.82, 2.24) is 0 Å². The minimum absolute atomic E-state index is 0.110. The lowest BCUT2D eigenvalue weighted by atomic mass is 10.1. The van der Waals surface area contributed by atoms with Crippen molar-refractivity contribution in [2.45, 2.75) is 6.61 Å². The van der Waals surface area contributed by atoms with Crippen molar-refractivity contribution in [2.75, 3.05) is 5.73 Å². The van der Waals surface area contributed by atoms with Crippen LogP contribution in [0.5, 0.6) is 5.75 Å². The van der Waals surface area contributed by atoms with Gasteiger partial charge in [0.25, 0.3) is 0 Å². The Hall–Kier alpha value is -2.36. The molecule has 0 bridgehead atoms. The number of alkyl halides is 2. The quantitative estimate of drug-likeness (QED) is 0.763. The molecule has 0 heterocycles. The summed E-state index contributed by atoms with van der Waals surface area (Å²) in [6.45, 7) is -3.17. The van der Waals surface area contributed by atoms with Crippen LogP contribution in [0.1, 0.15) is 15.9 Å². The van der Waals surface area contributed by atoms with Gasteiger partial charge in [-0.1, -0.05) is 0 Å². The van der Waals surface area contributed by atoms with Crippen molar-refractivity contribution in [3.8, 4) is 11.8 Å². The third-order valence-electron chi connectivity index (χ3n) is 1.72. The number of hydrogen-bond donors (Lipinski definition) is 2. The van der Waals surface area contributed by atoms with E-state index in [1.54, 1.807) is 6.07 Å².